The third kappa shape index (κ3) is 2.97. The molecule has 8 heteroatoms. The van der Waals surface area contributed by atoms with E-state index in [1.807, 2.05) is 34.2 Å². The van der Waals surface area contributed by atoms with Gasteiger partial charge in [-0.05, 0) is 11.4 Å². The maximum absolute atomic E-state index is 12.8. The molecule has 0 spiro atoms. The summed E-state index contributed by atoms with van der Waals surface area (Å²) in [7, 11) is 3.54. The van der Waals surface area contributed by atoms with Gasteiger partial charge in [0, 0.05) is 39.1 Å². The molecule has 0 radical (unpaired) electrons. The number of methoxy groups -OCH3 is 1. The Bertz CT molecular complexity index is 642. The summed E-state index contributed by atoms with van der Waals surface area (Å²) in [5.41, 5.74) is 0. The highest BCUT2D eigenvalue weighted by Crippen LogP contribution is 2.30. The van der Waals surface area contributed by atoms with Crippen LogP contribution in [0.1, 0.15) is 21.5 Å². The van der Waals surface area contributed by atoms with E-state index in [0.29, 0.717) is 23.7 Å². The van der Waals surface area contributed by atoms with Crippen molar-refractivity contribution in [3.8, 4) is 5.75 Å². The zero-order chi connectivity index (χ0) is 14.8. The van der Waals surface area contributed by atoms with Crippen molar-refractivity contribution in [1.82, 2.24) is 19.8 Å². The third-order valence-electron chi connectivity index (χ3n) is 3.70. The summed E-state index contributed by atoms with van der Waals surface area (Å²) in [5, 5.41) is 5.21. The Hall–Kier alpha value is -1.57. The summed E-state index contributed by atoms with van der Waals surface area (Å²) in [6, 6.07) is 1.77. The molecule has 0 aliphatic carbocycles. The monoisotopic (exact) mass is 342 g/mol. The number of aryl methyl sites for hydroxylation is 1. The van der Waals surface area contributed by atoms with Crippen LogP contribution in [0.25, 0.3) is 0 Å². The maximum Gasteiger partial charge on any atom is 0.268 e. The van der Waals surface area contributed by atoms with Crippen LogP contribution in [0.4, 0.5) is 0 Å². The molecular weight excluding hydrogens is 324 g/mol. The summed E-state index contributed by atoms with van der Waals surface area (Å²) < 4.78 is 7.24. The number of imidazole rings is 1. The smallest absolute Gasteiger partial charge is 0.268 e. The Balaban J connectivity index is 0.00000176. The topological polar surface area (TPSA) is 59.4 Å². The number of rotatable bonds is 3. The zero-order valence-electron chi connectivity index (χ0n) is 12.5. The average Bonchev–Trinajstić information content (AvgIpc) is 3.14. The average molecular weight is 343 g/mol. The standard InChI is InChI=1S/C14H18N4O2S.ClH/c1-17-6-5-16-13(17)10-9-15-4-7-18(10)14(19)12-11(20-2)3-8-21-12;/h3,5-6,8,10,15H,4,7,9H2,1-2H3;1H. The van der Waals surface area contributed by atoms with Gasteiger partial charge in [0.15, 0.2) is 0 Å². The fourth-order valence-electron chi connectivity index (χ4n) is 2.62. The molecule has 3 rings (SSSR count). The quantitative estimate of drug-likeness (QED) is 0.922. The lowest BCUT2D eigenvalue weighted by atomic mass is 10.1. The SMILES string of the molecule is COc1ccsc1C(=O)N1CCNCC1c1nccn1C.Cl. The number of carbonyl (C=O) groups is 1. The van der Waals surface area contributed by atoms with Gasteiger partial charge < -0.3 is 19.5 Å². The van der Waals surface area contributed by atoms with Crippen molar-refractivity contribution >= 4 is 29.7 Å². The first kappa shape index (κ1) is 16.8. The van der Waals surface area contributed by atoms with Crippen molar-refractivity contribution in [3.05, 3.63) is 34.5 Å². The Morgan fingerprint density at radius 1 is 1.55 bits per heavy atom. The number of carbonyl (C=O) groups excluding carboxylic acids is 1. The number of hydrogen-bond donors (Lipinski definition) is 1. The Morgan fingerprint density at radius 3 is 3.05 bits per heavy atom. The molecule has 1 aliphatic heterocycles. The van der Waals surface area contributed by atoms with Crippen LogP contribution in [0.2, 0.25) is 0 Å². The molecule has 2 aromatic heterocycles. The van der Waals surface area contributed by atoms with Gasteiger partial charge in [-0.3, -0.25) is 4.79 Å². The number of nitrogens with zero attached hydrogens (tertiary/aromatic N) is 3. The zero-order valence-corrected chi connectivity index (χ0v) is 14.1. The van der Waals surface area contributed by atoms with E-state index in [-0.39, 0.29) is 24.4 Å². The van der Waals surface area contributed by atoms with Gasteiger partial charge in [-0.25, -0.2) is 4.98 Å². The van der Waals surface area contributed by atoms with Crippen LogP contribution in [-0.2, 0) is 7.05 Å². The molecule has 0 aromatic carbocycles. The number of nitrogens with one attached hydrogen (secondary N) is 1. The minimum absolute atomic E-state index is 0. The van der Waals surface area contributed by atoms with Gasteiger partial charge in [-0.2, -0.15) is 0 Å². The number of halogens is 1. The van der Waals surface area contributed by atoms with Gasteiger partial charge in [-0.1, -0.05) is 0 Å². The van der Waals surface area contributed by atoms with E-state index < -0.39 is 0 Å². The molecule has 1 amide bonds. The van der Waals surface area contributed by atoms with E-state index in [4.69, 9.17) is 4.74 Å². The number of thiophene rings is 1. The fourth-order valence-corrected chi connectivity index (χ4v) is 3.43. The van der Waals surface area contributed by atoms with Crippen LogP contribution in [0.15, 0.2) is 23.8 Å². The molecule has 2 aromatic rings. The van der Waals surface area contributed by atoms with Crippen LogP contribution in [-0.4, -0.2) is 47.1 Å². The van der Waals surface area contributed by atoms with E-state index >= 15 is 0 Å². The highest BCUT2D eigenvalue weighted by atomic mass is 35.5. The summed E-state index contributed by atoms with van der Waals surface area (Å²) in [5.74, 6) is 1.55. The summed E-state index contributed by atoms with van der Waals surface area (Å²) in [6.07, 6.45) is 3.66. The maximum atomic E-state index is 12.8. The van der Waals surface area contributed by atoms with E-state index in [2.05, 4.69) is 10.3 Å². The Kier molecular flexibility index (Phi) is 5.44. The largest absolute Gasteiger partial charge is 0.495 e. The molecule has 1 aliphatic rings. The minimum atomic E-state index is -0.0574. The van der Waals surface area contributed by atoms with Gasteiger partial charge in [0.05, 0.1) is 7.11 Å². The molecule has 1 atom stereocenters. The van der Waals surface area contributed by atoms with Crippen LogP contribution in [0.5, 0.6) is 5.75 Å². The number of piperazine rings is 1. The first-order valence-electron chi connectivity index (χ1n) is 6.82. The molecular formula is C14H19ClN4O2S. The lowest BCUT2D eigenvalue weighted by molar-refractivity contribution is 0.0623. The lowest BCUT2D eigenvalue weighted by Gasteiger charge is -2.35. The number of amides is 1. The number of ether oxygens (including phenoxy) is 1. The predicted molar refractivity (Wildman–Crippen MR) is 88.0 cm³/mol. The van der Waals surface area contributed by atoms with Crippen molar-refractivity contribution in [2.24, 2.45) is 7.05 Å². The van der Waals surface area contributed by atoms with Crippen LogP contribution >= 0.6 is 23.7 Å². The third-order valence-corrected chi connectivity index (χ3v) is 4.59. The molecule has 120 valence electrons. The number of hydrogen-bond acceptors (Lipinski definition) is 5. The molecule has 6 nitrogen and oxygen atoms in total. The number of aromatic nitrogens is 2. The summed E-state index contributed by atoms with van der Waals surface area (Å²) >= 11 is 1.42. The van der Waals surface area contributed by atoms with Crippen molar-refractivity contribution in [1.29, 1.82) is 0 Å². The second kappa shape index (κ2) is 7.13. The fraction of sp³-hybridized carbons (Fsp3) is 0.429. The molecule has 3 heterocycles. The predicted octanol–water partition coefficient (Wildman–Crippen LogP) is 1.70. The molecule has 1 N–H and O–H groups in total. The molecule has 1 saturated heterocycles. The molecule has 0 saturated carbocycles. The van der Waals surface area contributed by atoms with Crippen molar-refractivity contribution < 1.29 is 9.53 Å². The van der Waals surface area contributed by atoms with Crippen molar-refractivity contribution in [2.75, 3.05) is 26.7 Å². The summed E-state index contributed by atoms with van der Waals surface area (Å²) in [6.45, 7) is 2.17. The van der Waals surface area contributed by atoms with E-state index in [9.17, 15) is 4.79 Å². The van der Waals surface area contributed by atoms with Gasteiger partial charge in [0.25, 0.3) is 5.91 Å². The van der Waals surface area contributed by atoms with E-state index in [0.717, 1.165) is 12.4 Å². The summed E-state index contributed by atoms with van der Waals surface area (Å²) in [4.78, 5) is 19.8. The molecule has 0 bridgehead atoms. The molecule has 1 unspecified atom stereocenters. The molecule has 1 fully saturated rings. The second-order valence-corrected chi connectivity index (χ2v) is 5.85. The van der Waals surface area contributed by atoms with Gasteiger partial charge in [0.1, 0.15) is 22.5 Å². The molecule has 22 heavy (non-hydrogen) atoms. The first-order chi connectivity index (χ1) is 10.2. The van der Waals surface area contributed by atoms with Crippen LogP contribution < -0.4 is 10.1 Å². The second-order valence-electron chi connectivity index (χ2n) is 4.93. The lowest BCUT2D eigenvalue weighted by Crippen LogP contribution is -2.49. The van der Waals surface area contributed by atoms with Gasteiger partial charge in [-0.15, -0.1) is 23.7 Å². The highest BCUT2D eigenvalue weighted by molar-refractivity contribution is 7.12. The van der Waals surface area contributed by atoms with Crippen molar-refractivity contribution in [2.45, 2.75) is 6.04 Å². The van der Waals surface area contributed by atoms with Crippen molar-refractivity contribution in [3.63, 3.8) is 0 Å². The van der Waals surface area contributed by atoms with E-state index in [1.165, 1.54) is 11.3 Å². The highest BCUT2D eigenvalue weighted by Gasteiger charge is 2.32. The normalized spacial score (nSPS) is 17.9. The van der Waals surface area contributed by atoms with Crippen LogP contribution in [0.3, 0.4) is 0 Å². The minimum Gasteiger partial charge on any atom is -0.495 e. The van der Waals surface area contributed by atoms with Crippen LogP contribution in [0, 0.1) is 0 Å². The van der Waals surface area contributed by atoms with Gasteiger partial charge >= 0.3 is 0 Å². The van der Waals surface area contributed by atoms with E-state index in [1.54, 1.807) is 13.3 Å². The van der Waals surface area contributed by atoms with Gasteiger partial charge in [0.2, 0.25) is 0 Å². The Morgan fingerprint density at radius 2 is 2.36 bits per heavy atom. The Labute approximate surface area is 139 Å². The first-order valence-corrected chi connectivity index (χ1v) is 7.70.